The molecule has 2 aromatic heterocycles. The van der Waals surface area contributed by atoms with Gasteiger partial charge in [-0.05, 0) is 45.0 Å². The number of hydrogen-bond donors (Lipinski definition) is 0. The minimum Gasteiger partial charge on any atom is -0.372 e. The van der Waals surface area contributed by atoms with Gasteiger partial charge in [-0.2, -0.15) is 0 Å². The molecule has 5 nitrogen and oxygen atoms in total. The van der Waals surface area contributed by atoms with E-state index in [9.17, 15) is 0 Å². The number of aromatic nitrogens is 4. The van der Waals surface area contributed by atoms with Gasteiger partial charge >= 0.3 is 0 Å². The van der Waals surface area contributed by atoms with E-state index >= 15 is 0 Å². The summed E-state index contributed by atoms with van der Waals surface area (Å²) in [6.45, 7) is 13.0. The largest absolute Gasteiger partial charge is 0.372 e. The highest BCUT2D eigenvalue weighted by Gasteiger charge is 2.15. The molecule has 2 aromatic carbocycles. The summed E-state index contributed by atoms with van der Waals surface area (Å²) in [6, 6.07) is 17.1. The minimum absolute atomic E-state index is 0.661. The Kier molecular flexibility index (Phi) is 7.62. The molecule has 0 atom stereocenters. The molecule has 4 rings (SSSR count). The first-order valence-corrected chi connectivity index (χ1v) is 13.0. The molecule has 0 radical (unpaired) electrons. The quantitative estimate of drug-likeness (QED) is 0.189. The smallest absolute Gasteiger partial charge is 0.192 e. The molecule has 0 saturated carbocycles. The zero-order chi connectivity index (χ0) is 23.2. The zero-order valence-electron chi connectivity index (χ0n) is 19.4. The molecule has 0 unspecified atom stereocenters. The average Bonchev–Trinajstić information content (AvgIpc) is 3.47. The van der Waals surface area contributed by atoms with Gasteiger partial charge in [0.2, 0.25) is 0 Å². The second-order valence-corrected chi connectivity index (χ2v) is 9.52. The molecular formula is C26H29N5S2. The van der Waals surface area contributed by atoms with Crippen LogP contribution < -0.4 is 4.90 Å². The van der Waals surface area contributed by atoms with E-state index in [1.807, 2.05) is 6.08 Å². The topological polar surface area (TPSA) is 46.8 Å². The average molecular weight is 476 g/mol. The molecule has 4 aromatic rings. The van der Waals surface area contributed by atoms with Crippen LogP contribution in [0, 0.1) is 6.92 Å². The second kappa shape index (κ2) is 10.8. The summed E-state index contributed by atoms with van der Waals surface area (Å²) >= 11 is 3.34. The van der Waals surface area contributed by atoms with Crippen LogP contribution in [0.5, 0.6) is 0 Å². The molecule has 0 spiro atoms. The van der Waals surface area contributed by atoms with Crippen LogP contribution in [0.2, 0.25) is 0 Å². The summed E-state index contributed by atoms with van der Waals surface area (Å²) in [5.41, 5.74) is 5.75. The molecule has 170 valence electrons. The number of aryl methyl sites for hydroxylation is 1. The molecule has 0 bridgehead atoms. The van der Waals surface area contributed by atoms with Crippen molar-refractivity contribution in [3.05, 3.63) is 77.8 Å². The van der Waals surface area contributed by atoms with Crippen LogP contribution in [0.4, 0.5) is 5.69 Å². The summed E-state index contributed by atoms with van der Waals surface area (Å²) in [7, 11) is 0. The van der Waals surface area contributed by atoms with Crippen molar-refractivity contribution in [2.45, 2.75) is 38.2 Å². The molecule has 0 N–H and O–H groups in total. The number of hydrogen-bond acceptors (Lipinski definition) is 6. The Morgan fingerprint density at radius 3 is 2.36 bits per heavy atom. The van der Waals surface area contributed by atoms with Gasteiger partial charge in [-0.25, -0.2) is 4.98 Å². The molecule has 33 heavy (non-hydrogen) atoms. The molecule has 0 aliphatic heterocycles. The van der Waals surface area contributed by atoms with Crippen LogP contribution in [0.25, 0.3) is 22.0 Å². The Labute approximate surface area is 204 Å². The first-order chi connectivity index (χ1) is 16.1. The van der Waals surface area contributed by atoms with E-state index < -0.39 is 0 Å². The van der Waals surface area contributed by atoms with Crippen molar-refractivity contribution in [3.8, 4) is 22.0 Å². The summed E-state index contributed by atoms with van der Waals surface area (Å²) in [5.74, 6) is 1.61. The number of allylic oxidation sites excluding steroid dienone is 1. The van der Waals surface area contributed by atoms with Crippen LogP contribution in [-0.2, 0) is 12.3 Å². The highest BCUT2D eigenvalue weighted by Crippen LogP contribution is 2.30. The van der Waals surface area contributed by atoms with E-state index in [-0.39, 0.29) is 0 Å². The lowest BCUT2D eigenvalue weighted by Crippen LogP contribution is -2.21. The Bertz CT molecular complexity index is 1190. The van der Waals surface area contributed by atoms with E-state index in [0.717, 1.165) is 51.7 Å². The van der Waals surface area contributed by atoms with Gasteiger partial charge in [-0.15, -0.1) is 28.1 Å². The van der Waals surface area contributed by atoms with Crippen molar-refractivity contribution in [3.63, 3.8) is 0 Å². The van der Waals surface area contributed by atoms with Crippen LogP contribution in [0.15, 0.2) is 71.7 Å². The van der Waals surface area contributed by atoms with E-state index in [2.05, 4.69) is 101 Å². The van der Waals surface area contributed by atoms with Crippen molar-refractivity contribution in [2.24, 2.45) is 0 Å². The van der Waals surface area contributed by atoms with Gasteiger partial charge in [0.1, 0.15) is 5.01 Å². The Balaban J connectivity index is 1.50. The van der Waals surface area contributed by atoms with E-state index in [0.29, 0.717) is 6.54 Å². The van der Waals surface area contributed by atoms with Crippen LogP contribution >= 0.6 is 23.1 Å². The third kappa shape index (κ3) is 5.37. The number of rotatable bonds is 10. The molecule has 0 saturated heterocycles. The molecule has 0 aliphatic carbocycles. The van der Waals surface area contributed by atoms with Gasteiger partial charge in [-0.1, -0.05) is 47.7 Å². The number of benzene rings is 2. The van der Waals surface area contributed by atoms with Crippen LogP contribution in [0.1, 0.15) is 25.1 Å². The van der Waals surface area contributed by atoms with Crippen LogP contribution in [0.3, 0.4) is 0 Å². The fourth-order valence-corrected chi connectivity index (χ4v) is 5.42. The number of nitrogens with zero attached hydrogens (tertiary/aromatic N) is 5. The van der Waals surface area contributed by atoms with Gasteiger partial charge in [0.25, 0.3) is 0 Å². The lowest BCUT2D eigenvalue weighted by atomic mass is 10.2. The first-order valence-electron chi connectivity index (χ1n) is 11.2. The Hall–Kier alpha value is -2.90. The maximum Gasteiger partial charge on any atom is 0.192 e. The number of thiazole rings is 1. The van der Waals surface area contributed by atoms with Crippen molar-refractivity contribution in [1.82, 2.24) is 19.7 Å². The highest BCUT2D eigenvalue weighted by molar-refractivity contribution is 7.98. The van der Waals surface area contributed by atoms with Gasteiger partial charge in [0.05, 0.1) is 5.69 Å². The maximum atomic E-state index is 4.82. The summed E-state index contributed by atoms with van der Waals surface area (Å²) in [5, 5.41) is 13.0. The number of thioether (sulfide) groups is 1. The predicted molar refractivity (Wildman–Crippen MR) is 141 cm³/mol. The lowest BCUT2D eigenvalue weighted by Gasteiger charge is -2.21. The summed E-state index contributed by atoms with van der Waals surface area (Å²) < 4.78 is 2.12. The van der Waals surface area contributed by atoms with Gasteiger partial charge in [0, 0.05) is 47.6 Å². The third-order valence-electron chi connectivity index (χ3n) is 5.48. The minimum atomic E-state index is 0.661. The molecule has 0 aliphatic rings. The SMILES string of the molecule is C=CCn1c(SCc2csc(-c3ccc(C)cc3)n2)nnc1-c1ccc(N(CC)CC)cc1. The van der Waals surface area contributed by atoms with Crippen molar-refractivity contribution < 1.29 is 0 Å². The number of anilines is 1. The molecule has 2 heterocycles. The summed E-state index contributed by atoms with van der Waals surface area (Å²) in [4.78, 5) is 7.16. The fourth-order valence-electron chi connectivity index (χ4n) is 3.65. The van der Waals surface area contributed by atoms with Crippen molar-refractivity contribution >= 4 is 28.8 Å². The standard InChI is InChI=1S/C26H29N5S2/c1-5-16-31-24(20-12-14-23(15-13-20)30(6-2)7-3)28-29-26(31)33-18-22-17-32-25(27-22)21-10-8-19(4)9-11-21/h5,8-15,17H,1,6-7,16,18H2,2-4H3. The normalized spacial score (nSPS) is 11.0. The molecule has 0 fully saturated rings. The van der Waals surface area contributed by atoms with Crippen LogP contribution in [-0.4, -0.2) is 32.8 Å². The van der Waals surface area contributed by atoms with Crippen molar-refractivity contribution in [2.75, 3.05) is 18.0 Å². The van der Waals surface area contributed by atoms with Gasteiger partial charge in [0.15, 0.2) is 11.0 Å². The monoisotopic (exact) mass is 475 g/mol. The maximum absolute atomic E-state index is 4.82. The fraction of sp³-hybridized carbons (Fsp3) is 0.269. The first kappa shape index (κ1) is 23.3. The Morgan fingerprint density at radius 2 is 1.70 bits per heavy atom. The predicted octanol–water partition coefficient (Wildman–Crippen LogP) is 6.70. The second-order valence-electron chi connectivity index (χ2n) is 7.72. The summed E-state index contributed by atoms with van der Waals surface area (Å²) in [6.07, 6.45) is 1.89. The third-order valence-corrected chi connectivity index (χ3v) is 7.42. The Morgan fingerprint density at radius 1 is 1.00 bits per heavy atom. The zero-order valence-corrected chi connectivity index (χ0v) is 21.0. The van der Waals surface area contributed by atoms with E-state index in [1.54, 1.807) is 23.1 Å². The molecule has 7 heteroatoms. The van der Waals surface area contributed by atoms with Crippen molar-refractivity contribution in [1.29, 1.82) is 0 Å². The molecular weight excluding hydrogens is 446 g/mol. The lowest BCUT2D eigenvalue weighted by molar-refractivity contribution is 0.731. The van der Waals surface area contributed by atoms with E-state index in [4.69, 9.17) is 4.98 Å². The van der Waals surface area contributed by atoms with E-state index in [1.165, 1.54) is 11.3 Å². The highest BCUT2D eigenvalue weighted by atomic mass is 32.2. The van der Waals surface area contributed by atoms with Gasteiger partial charge in [-0.3, -0.25) is 4.57 Å². The molecule has 0 amide bonds. The van der Waals surface area contributed by atoms with Gasteiger partial charge < -0.3 is 4.90 Å².